The van der Waals surface area contributed by atoms with E-state index in [1.54, 1.807) is 14.2 Å². The monoisotopic (exact) mass is 267 g/mol. The van der Waals surface area contributed by atoms with Gasteiger partial charge in [0.1, 0.15) is 0 Å². The lowest BCUT2D eigenvalue weighted by atomic mass is 10.2. The maximum absolute atomic E-state index is 5.66. The first kappa shape index (κ1) is 14.1. The molecule has 0 saturated carbocycles. The maximum atomic E-state index is 5.66. The number of hydrogen-bond donors (Lipinski definition) is 1. The van der Waals surface area contributed by atoms with Crippen molar-refractivity contribution in [2.24, 2.45) is 0 Å². The Bertz CT molecular complexity index is 393. The molecular weight excluding hydrogens is 246 g/mol. The van der Waals surface area contributed by atoms with Gasteiger partial charge < -0.3 is 24.3 Å². The number of hydrogen-bond acceptors (Lipinski definition) is 5. The Balaban J connectivity index is 1.89. The average molecular weight is 267 g/mol. The van der Waals surface area contributed by atoms with Crippen LogP contribution >= 0.6 is 0 Å². The quantitative estimate of drug-likeness (QED) is 0.793. The first-order valence-corrected chi connectivity index (χ1v) is 6.48. The number of fused-ring (bicyclic) bond motifs is 1. The third-order valence-corrected chi connectivity index (χ3v) is 2.98. The van der Waals surface area contributed by atoms with Gasteiger partial charge in [-0.05, 0) is 17.7 Å². The van der Waals surface area contributed by atoms with Gasteiger partial charge >= 0.3 is 0 Å². The fourth-order valence-corrected chi connectivity index (χ4v) is 1.91. The Hall–Kier alpha value is -1.30. The van der Waals surface area contributed by atoms with E-state index in [0.29, 0.717) is 19.8 Å². The van der Waals surface area contributed by atoms with Gasteiger partial charge in [0, 0.05) is 33.7 Å². The molecule has 5 nitrogen and oxygen atoms in total. The molecule has 1 N–H and O–H groups in total. The van der Waals surface area contributed by atoms with Gasteiger partial charge in [0.05, 0.1) is 13.2 Å². The molecule has 0 radical (unpaired) electrons. The molecule has 0 aliphatic carbocycles. The predicted octanol–water partition coefficient (Wildman–Crippen LogP) is 1.56. The van der Waals surface area contributed by atoms with Crippen molar-refractivity contribution in [3.8, 4) is 11.5 Å². The Morgan fingerprint density at radius 1 is 1.16 bits per heavy atom. The second kappa shape index (κ2) is 7.33. The molecule has 0 saturated heterocycles. The fourth-order valence-electron chi connectivity index (χ4n) is 1.91. The van der Waals surface area contributed by atoms with Crippen LogP contribution in [0.5, 0.6) is 11.5 Å². The van der Waals surface area contributed by atoms with E-state index in [0.717, 1.165) is 30.0 Å². The van der Waals surface area contributed by atoms with Gasteiger partial charge in [0.25, 0.3) is 0 Å². The van der Waals surface area contributed by atoms with Crippen molar-refractivity contribution in [1.82, 2.24) is 5.32 Å². The van der Waals surface area contributed by atoms with Gasteiger partial charge in [0.2, 0.25) is 0 Å². The Morgan fingerprint density at radius 2 is 1.89 bits per heavy atom. The highest BCUT2D eigenvalue weighted by Crippen LogP contribution is 2.30. The maximum Gasteiger partial charge on any atom is 0.169 e. The Morgan fingerprint density at radius 3 is 2.63 bits per heavy atom. The lowest BCUT2D eigenvalue weighted by Gasteiger charge is -2.14. The zero-order valence-electron chi connectivity index (χ0n) is 11.5. The summed E-state index contributed by atoms with van der Waals surface area (Å²) >= 11 is 0. The number of ether oxygens (including phenoxy) is 4. The molecule has 1 heterocycles. The summed E-state index contributed by atoms with van der Waals surface area (Å²) < 4.78 is 21.5. The average Bonchev–Trinajstić information content (AvgIpc) is 2.68. The summed E-state index contributed by atoms with van der Waals surface area (Å²) in [6.07, 6.45) is 0.700. The first-order valence-electron chi connectivity index (χ1n) is 6.48. The third-order valence-electron chi connectivity index (χ3n) is 2.98. The SMILES string of the molecule is COC(CNCc1ccc2c(c1)OCCCO2)OC. The van der Waals surface area contributed by atoms with Crippen molar-refractivity contribution in [3.05, 3.63) is 23.8 Å². The second-order valence-electron chi connectivity index (χ2n) is 4.36. The van der Waals surface area contributed by atoms with E-state index in [1.807, 2.05) is 18.2 Å². The molecule has 0 spiro atoms. The lowest BCUT2D eigenvalue weighted by molar-refractivity contribution is -0.0989. The molecule has 106 valence electrons. The molecule has 1 aromatic rings. The summed E-state index contributed by atoms with van der Waals surface area (Å²) in [4.78, 5) is 0. The third kappa shape index (κ3) is 4.09. The van der Waals surface area contributed by atoms with Crippen molar-refractivity contribution < 1.29 is 18.9 Å². The van der Waals surface area contributed by atoms with Crippen molar-refractivity contribution in [2.75, 3.05) is 34.0 Å². The predicted molar refractivity (Wildman–Crippen MR) is 71.6 cm³/mol. The fraction of sp³-hybridized carbons (Fsp3) is 0.571. The number of nitrogens with one attached hydrogen (secondary N) is 1. The minimum absolute atomic E-state index is 0.222. The highest BCUT2D eigenvalue weighted by atomic mass is 16.7. The van der Waals surface area contributed by atoms with E-state index < -0.39 is 0 Å². The molecule has 0 bridgehead atoms. The zero-order chi connectivity index (χ0) is 13.5. The van der Waals surface area contributed by atoms with Crippen LogP contribution in [0, 0.1) is 0 Å². The number of rotatable bonds is 6. The van der Waals surface area contributed by atoms with Crippen LogP contribution in [0.1, 0.15) is 12.0 Å². The highest BCUT2D eigenvalue weighted by Gasteiger charge is 2.11. The van der Waals surface area contributed by atoms with Crippen LogP contribution in [0.15, 0.2) is 18.2 Å². The van der Waals surface area contributed by atoms with Crippen LogP contribution in [0.4, 0.5) is 0 Å². The molecule has 0 atom stereocenters. The van der Waals surface area contributed by atoms with E-state index in [9.17, 15) is 0 Å². The van der Waals surface area contributed by atoms with E-state index in [-0.39, 0.29) is 6.29 Å². The molecule has 1 aromatic carbocycles. The Kier molecular flexibility index (Phi) is 5.44. The van der Waals surface area contributed by atoms with Crippen LogP contribution in [0.25, 0.3) is 0 Å². The van der Waals surface area contributed by atoms with Crippen LogP contribution in [-0.2, 0) is 16.0 Å². The molecule has 2 rings (SSSR count). The van der Waals surface area contributed by atoms with Gasteiger partial charge in [-0.3, -0.25) is 0 Å². The normalized spacial score (nSPS) is 14.5. The van der Waals surface area contributed by atoms with E-state index >= 15 is 0 Å². The summed E-state index contributed by atoms with van der Waals surface area (Å²) in [7, 11) is 3.26. The molecule has 1 aliphatic heterocycles. The van der Waals surface area contributed by atoms with E-state index in [1.165, 1.54) is 0 Å². The van der Waals surface area contributed by atoms with Gasteiger partial charge in [-0.25, -0.2) is 0 Å². The van der Waals surface area contributed by atoms with Crippen LogP contribution in [0.2, 0.25) is 0 Å². The van der Waals surface area contributed by atoms with Crippen molar-refractivity contribution in [2.45, 2.75) is 19.3 Å². The summed E-state index contributed by atoms with van der Waals surface area (Å²) in [5, 5.41) is 3.28. The van der Waals surface area contributed by atoms with Crippen LogP contribution in [-0.4, -0.2) is 40.3 Å². The van der Waals surface area contributed by atoms with Crippen molar-refractivity contribution in [3.63, 3.8) is 0 Å². The zero-order valence-corrected chi connectivity index (χ0v) is 11.5. The smallest absolute Gasteiger partial charge is 0.169 e. The molecule has 5 heteroatoms. The summed E-state index contributed by atoms with van der Waals surface area (Å²) in [5.41, 5.74) is 1.15. The van der Waals surface area contributed by atoms with Gasteiger partial charge in [-0.15, -0.1) is 0 Å². The van der Waals surface area contributed by atoms with Crippen molar-refractivity contribution in [1.29, 1.82) is 0 Å². The number of benzene rings is 1. The summed E-state index contributed by atoms with van der Waals surface area (Å²) in [6.45, 7) is 2.80. The first-order chi connectivity index (χ1) is 9.33. The summed E-state index contributed by atoms with van der Waals surface area (Å²) in [6, 6.07) is 6.01. The standard InChI is InChI=1S/C14H21NO4/c1-16-14(17-2)10-15-9-11-4-5-12-13(8-11)19-7-3-6-18-12/h4-5,8,14-15H,3,6-7,9-10H2,1-2H3. The second-order valence-corrected chi connectivity index (χ2v) is 4.36. The lowest BCUT2D eigenvalue weighted by Crippen LogP contribution is -2.29. The topological polar surface area (TPSA) is 49.0 Å². The number of methoxy groups -OCH3 is 2. The molecule has 0 unspecified atom stereocenters. The largest absolute Gasteiger partial charge is 0.490 e. The van der Waals surface area contributed by atoms with Crippen LogP contribution in [0.3, 0.4) is 0 Å². The van der Waals surface area contributed by atoms with Crippen molar-refractivity contribution >= 4 is 0 Å². The van der Waals surface area contributed by atoms with E-state index in [4.69, 9.17) is 18.9 Å². The highest BCUT2D eigenvalue weighted by molar-refractivity contribution is 5.43. The molecule has 0 amide bonds. The Labute approximate surface area is 113 Å². The summed E-state index contributed by atoms with van der Waals surface area (Å²) in [5.74, 6) is 1.65. The van der Waals surface area contributed by atoms with Gasteiger partial charge in [0.15, 0.2) is 17.8 Å². The molecule has 0 aromatic heterocycles. The molecule has 0 fully saturated rings. The van der Waals surface area contributed by atoms with Gasteiger partial charge in [-0.1, -0.05) is 6.07 Å². The minimum Gasteiger partial charge on any atom is -0.490 e. The van der Waals surface area contributed by atoms with Crippen LogP contribution < -0.4 is 14.8 Å². The minimum atomic E-state index is -0.222. The molecule has 19 heavy (non-hydrogen) atoms. The van der Waals surface area contributed by atoms with Gasteiger partial charge in [-0.2, -0.15) is 0 Å². The molecular formula is C14H21NO4. The van der Waals surface area contributed by atoms with E-state index in [2.05, 4.69) is 5.32 Å². The molecule has 1 aliphatic rings.